The highest BCUT2D eigenvalue weighted by atomic mass is 16.1. The van der Waals surface area contributed by atoms with Crippen LogP contribution in [0.1, 0.15) is 30.6 Å². The number of primary amides is 2. The summed E-state index contributed by atoms with van der Waals surface area (Å²) < 4.78 is 0. The van der Waals surface area contributed by atoms with E-state index in [2.05, 4.69) is 30.6 Å². The number of rotatable bonds is 8. The Kier molecular flexibility index (Phi) is 5.82. The van der Waals surface area contributed by atoms with Crippen molar-refractivity contribution in [3.63, 3.8) is 0 Å². The van der Waals surface area contributed by atoms with Crippen LogP contribution in [0.3, 0.4) is 0 Å². The maximum atomic E-state index is 11.8. The van der Waals surface area contributed by atoms with E-state index in [4.69, 9.17) is 11.5 Å². The molecule has 29 heavy (non-hydrogen) atoms. The Morgan fingerprint density at radius 1 is 1.07 bits per heavy atom. The number of hydrogen-bond donors (Lipinski definition) is 4. The van der Waals surface area contributed by atoms with Crippen molar-refractivity contribution in [2.24, 2.45) is 17.4 Å². The highest BCUT2D eigenvalue weighted by Crippen LogP contribution is 2.22. The van der Waals surface area contributed by atoms with Crippen LogP contribution in [0.5, 0.6) is 0 Å². The summed E-state index contributed by atoms with van der Waals surface area (Å²) in [5.74, 6) is -0.605. The molecule has 0 spiro atoms. The third-order valence-corrected chi connectivity index (χ3v) is 4.14. The number of nitrogens with zero attached hydrogens (tertiary/aromatic N) is 4. The normalized spacial score (nSPS) is 12.0. The molecular formula is C19H22N8O2. The molecule has 0 aliphatic heterocycles. The van der Waals surface area contributed by atoms with Gasteiger partial charge in [-0.1, -0.05) is 13.8 Å². The Bertz CT molecular complexity index is 1050. The van der Waals surface area contributed by atoms with Crippen LogP contribution in [-0.2, 0) is 4.79 Å². The van der Waals surface area contributed by atoms with Crippen LogP contribution in [-0.4, -0.2) is 37.8 Å². The van der Waals surface area contributed by atoms with E-state index in [0.717, 1.165) is 5.52 Å². The zero-order chi connectivity index (χ0) is 21.0. The average molecular weight is 394 g/mol. The second-order valence-corrected chi connectivity index (χ2v) is 6.93. The van der Waals surface area contributed by atoms with E-state index in [-0.39, 0.29) is 23.2 Å². The van der Waals surface area contributed by atoms with Crippen molar-refractivity contribution >= 4 is 40.3 Å². The van der Waals surface area contributed by atoms with Crippen LogP contribution >= 0.6 is 0 Å². The summed E-state index contributed by atoms with van der Waals surface area (Å²) in [6, 6.07) is 4.70. The SMILES string of the molecule is CC(C)CC(Nc1ncc(C(N)=O)c(Nc2ccc3nccnc3c2)n1)C(N)=O. The van der Waals surface area contributed by atoms with Gasteiger partial charge in [-0.05, 0) is 30.5 Å². The lowest BCUT2D eigenvalue weighted by atomic mass is 10.0. The highest BCUT2D eigenvalue weighted by Gasteiger charge is 2.19. The van der Waals surface area contributed by atoms with E-state index >= 15 is 0 Å². The summed E-state index contributed by atoms with van der Waals surface area (Å²) in [5, 5.41) is 5.97. The van der Waals surface area contributed by atoms with E-state index in [9.17, 15) is 9.59 Å². The van der Waals surface area contributed by atoms with Crippen LogP contribution in [0, 0.1) is 5.92 Å². The van der Waals surface area contributed by atoms with Gasteiger partial charge in [0.2, 0.25) is 11.9 Å². The monoisotopic (exact) mass is 394 g/mol. The van der Waals surface area contributed by atoms with Gasteiger partial charge in [-0.25, -0.2) is 4.98 Å². The molecule has 150 valence electrons. The quantitative estimate of drug-likeness (QED) is 0.447. The molecule has 1 unspecified atom stereocenters. The lowest BCUT2D eigenvalue weighted by Gasteiger charge is -2.18. The molecule has 0 radical (unpaired) electrons. The summed E-state index contributed by atoms with van der Waals surface area (Å²) in [6.07, 6.45) is 5.01. The average Bonchev–Trinajstić information content (AvgIpc) is 2.67. The number of nitrogens with one attached hydrogen (secondary N) is 2. The van der Waals surface area contributed by atoms with Crippen LogP contribution in [0.4, 0.5) is 17.5 Å². The highest BCUT2D eigenvalue weighted by molar-refractivity contribution is 5.98. The number of fused-ring (bicyclic) bond motifs is 1. The van der Waals surface area contributed by atoms with Crippen molar-refractivity contribution < 1.29 is 9.59 Å². The number of carbonyl (C=O) groups excluding carboxylic acids is 2. The number of carbonyl (C=O) groups is 2. The molecule has 2 aromatic heterocycles. The molecule has 10 nitrogen and oxygen atoms in total. The number of anilines is 3. The summed E-state index contributed by atoms with van der Waals surface area (Å²) in [6.45, 7) is 3.95. The molecule has 0 fully saturated rings. The maximum absolute atomic E-state index is 11.8. The molecule has 0 saturated heterocycles. The molecule has 0 aliphatic rings. The van der Waals surface area contributed by atoms with E-state index in [1.54, 1.807) is 30.6 Å². The van der Waals surface area contributed by atoms with Gasteiger partial charge in [0.25, 0.3) is 5.91 Å². The van der Waals surface area contributed by atoms with Crippen molar-refractivity contribution in [1.29, 1.82) is 0 Å². The van der Waals surface area contributed by atoms with Gasteiger partial charge in [0, 0.05) is 24.3 Å². The first-order chi connectivity index (χ1) is 13.8. The lowest BCUT2D eigenvalue weighted by Crippen LogP contribution is -2.37. The standard InChI is InChI=1S/C19H22N8O2/c1-10(2)7-15(17(21)29)26-19-24-9-12(16(20)28)18(27-19)25-11-3-4-13-14(8-11)23-6-5-22-13/h3-6,8-10,15H,7H2,1-2H3,(H2,20,28)(H2,21,29)(H2,24,25,26,27). The molecule has 0 bridgehead atoms. The molecule has 2 heterocycles. The minimum atomic E-state index is -0.687. The van der Waals surface area contributed by atoms with Gasteiger partial charge in [0.05, 0.1) is 11.0 Å². The molecule has 3 rings (SSSR count). The molecule has 1 aromatic carbocycles. The molecule has 2 amide bonds. The third-order valence-electron chi connectivity index (χ3n) is 4.14. The fourth-order valence-electron chi connectivity index (χ4n) is 2.78. The summed E-state index contributed by atoms with van der Waals surface area (Å²) in [4.78, 5) is 40.4. The van der Waals surface area contributed by atoms with Crippen LogP contribution in [0.15, 0.2) is 36.8 Å². The number of amides is 2. The predicted molar refractivity (Wildman–Crippen MR) is 109 cm³/mol. The minimum absolute atomic E-state index is 0.106. The van der Waals surface area contributed by atoms with E-state index in [1.165, 1.54) is 6.20 Å². The fourth-order valence-corrected chi connectivity index (χ4v) is 2.78. The summed E-state index contributed by atoms with van der Waals surface area (Å²) in [7, 11) is 0. The lowest BCUT2D eigenvalue weighted by molar-refractivity contribution is -0.119. The summed E-state index contributed by atoms with van der Waals surface area (Å²) in [5.41, 5.74) is 13.1. The fraction of sp³-hybridized carbons (Fsp3) is 0.263. The maximum Gasteiger partial charge on any atom is 0.254 e. The molecule has 3 aromatic rings. The van der Waals surface area contributed by atoms with Crippen molar-refractivity contribution in [3.8, 4) is 0 Å². The second-order valence-electron chi connectivity index (χ2n) is 6.93. The van der Waals surface area contributed by atoms with Crippen LogP contribution < -0.4 is 22.1 Å². The van der Waals surface area contributed by atoms with Gasteiger partial charge < -0.3 is 22.1 Å². The van der Waals surface area contributed by atoms with Gasteiger partial charge in [-0.2, -0.15) is 4.98 Å². The van der Waals surface area contributed by atoms with Crippen molar-refractivity contribution in [3.05, 3.63) is 42.4 Å². The Balaban J connectivity index is 1.91. The van der Waals surface area contributed by atoms with Crippen molar-refractivity contribution in [2.45, 2.75) is 26.3 Å². The van der Waals surface area contributed by atoms with Crippen molar-refractivity contribution in [2.75, 3.05) is 10.6 Å². The van der Waals surface area contributed by atoms with E-state index in [1.807, 2.05) is 13.8 Å². The predicted octanol–water partition coefficient (Wildman–Crippen LogP) is 1.57. The largest absolute Gasteiger partial charge is 0.368 e. The first-order valence-corrected chi connectivity index (χ1v) is 9.04. The topological polar surface area (TPSA) is 162 Å². The smallest absolute Gasteiger partial charge is 0.254 e. The zero-order valence-electron chi connectivity index (χ0n) is 16.1. The first-order valence-electron chi connectivity index (χ1n) is 9.04. The first kappa shape index (κ1) is 19.9. The van der Waals surface area contributed by atoms with Gasteiger partial charge in [0.15, 0.2) is 0 Å². The van der Waals surface area contributed by atoms with E-state index in [0.29, 0.717) is 17.6 Å². The van der Waals surface area contributed by atoms with Crippen molar-refractivity contribution in [1.82, 2.24) is 19.9 Å². The Labute approximate surface area is 167 Å². The molecular weight excluding hydrogens is 372 g/mol. The number of nitrogens with two attached hydrogens (primary N) is 2. The Hall–Kier alpha value is -3.82. The Morgan fingerprint density at radius 3 is 2.45 bits per heavy atom. The van der Waals surface area contributed by atoms with Crippen LogP contribution in [0.25, 0.3) is 11.0 Å². The summed E-state index contributed by atoms with van der Waals surface area (Å²) >= 11 is 0. The minimum Gasteiger partial charge on any atom is -0.368 e. The van der Waals surface area contributed by atoms with E-state index < -0.39 is 17.9 Å². The third kappa shape index (κ3) is 4.92. The molecule has 0 saturated carbocycles. The number of benzene rings is 1. The van der Waals surface area contributed by atoms with Gasteiger partial charge in [-0.15, -0.1) is 0 Å². The van der Waals surface area contributed by atoms with Gasteiger partial charge in [0.1, 0.15) is 17.4 Å². The molecule has 10 heteroatoms. The number of aromatic nitrogens is 4. The van der Waals surface area contributed by atoms with Crippen LogP contribution in [0.2, 0.25) is 0 Å². The van der Waals surface area contributed by atoms with Gasteiger partial charge in [-0.3, -0.25) is 19.6 Å². The number of hydrogen-bond acceptors (Lipinski definition) is 8. The van der Waals surface area contributed by atoms with Gasteiger partial charge >= 0.3 is 0 Å². The Morgan fingerprint density at radius 2 is 1.79 bits per heavy atom. The zero-order valence-corrected chi connectivity index (χ0v) is 16.1. The molecule has 1 atom stereocenters. The molecule has 6 N–H and O–H groups in total. The second kappa shape index (κ2) is 8.46. The molecule has 0 aliphatic carbocycles.